The van der Waals surface area contributed by atoms with Crippen LogP contribution >= 0.6 is 0 Å². The summed E-state index contributed by atoms with van der Waals surface area (Å²) >= 11 is 0. The zero-order chi connectivity index (χ0) is 13.2. The molecule has 1 N–H and O–H groups in total. The topological polar surface area (TPSA) is 76.1 Å². The summed E-state index contributed by atoms with van der Waals surface area (Å²) in [5.41, 5.74) is -1.24. The third-order valence-electron chi connectivity index (χ3n) is 3.53. The van der Waals surface area contributed by atoms with Crippen LogP contribution in [-0.4, -0.2) is 54.0 Å². The van der Waals surface area contributed by atoms with Gasteiger partial charge in [-0.2, -0.15) is 0 Å². The van der Waals surface area contributed by atoms with Gasteiger partial charge in [-0.25, -0.2) is 9.59 Å². The van der Waals surface area contributed by atoms with Gasteiger partial charge < -0.3 is 19.5 Å². The summed E-state index contributed by atoms with van der Waals surface area (Å²) in [6, 6.07) is 0. The van der Waals surface area contributed by atoms with Crippen molar-refractivity contribution in [3.8, 4) is 0 Å². The Morgan fingerprint density at radius 1 is 1.61 bits per heavy atom. The second kappa shape index (κ2) is 4.97. The maximum atomic E-state index is 11.7. The van der Waals surface area contributed by atoms with Gasteiger partial charge in [0.05, 0.1) is 6.54 Å². The number of carbonyl (C=O) groups excluding carboxylic acids is 1. The molecule has 2 rings (SSSR count). The number of nitrogens with zero attached hydrogens (tertiary/aromatic N) is 1. The number of hydrogen-bond acceptors (Lipinski definition) is 4. The van der Waals surface area contributed by atoms with E-state index in [1.54, 1.807) is 0 Å². The standard InChI is InChI=1S/C12H17NO5/c1-2-5-17-11(16)13-7-9-4-3-6-18-12(9,8-13)10(14)15/h2,9H,1,3-8H2,(H,14,15). The molecule has 0 aromatic heterocycles. The van der Waals surface area contributed by atoms with Gasteiger partial charge in [-0.05, 0) is 12.8 Å². The van der Waals surface area contributed by atoms with Gasteiger partial charge in [-0.1, -0.05) is 12.7 Å². The highest BCUT2D eigenvalue weighted by Gasteiger charge is 2.56. The summed E-state index contributed by atoms with van der Waals surface area (Å²) in [5.74, 6) is -1.15. The van der Waals surface area contributed by atoms with E-state index in [1.807, 2.05) is 0 Å². The predicted molar refractivity (Wildman–Crippen MR) is 62.2 cm³/mol. The summed E-state index contributed by atoms with van der Waals surface area (Å²) in [7, 11) is 0. The molecule has 0 aliphatic carbocycles. The number of amides is 1. The number of fused-ring (bicyclic) bond motifs is 1. The molecule has 2 saturated heterocycles. The van der Waals surface area contributed by atoms with Crippen LogP contribution in [0.3, 0.4) is 0 Å². The summed E-state index contributed by atoms with van der Waals surface area (Å²) in [6.07, 6.45) is 2.56. The molecule has 6 heteroatoms. The SMILES string of the molecule is C=CCOC(=O)N1CC2CCCOC2(C(=O)O)C1. The normalized spacial score (nSPS) is 30.7. The van der Waals surface area contributed by atoms with Gasteiger partial charge in [0.15, 0.2) is 5.60 Å². The van der Waals surface area contributed by atoms with Crippen LogP contribution in [0.25, 0.3) is 0 Å². The molecule has 2 aliphatic rings. The molecule has 2 atom stereocenters. The van der Waals surface area contributed by atoms with Gasteiger partial charge in [-0.3, -0.25) is 0 Å². The zero-order valence-electron chi connectivity index (χ0n) is 10.1. The average Bonchev–Trinajstić information content (AvgIpc) is 2.76. The van der Waals surface area contributed by atoms with Crippen molar-refractivity contribution in [1.82, 2.24) is 4.90 Å². The molecular weight excluding hydrogens is 238 g/mol. The summed E-state index contributed by atoms with van der Waals surface area (Å²) in [5, 5.41) is 9.35. The number of ether oxygens (including phenoxy) is 2. The maximum Gasteiger partial charge on any atom is 0.410 e. The molecule has 6 nitrogen and oxygen atoms in total. The molecular formula is C12H17NO5. The molecule has 2 heterocycles. The Labute approximate surface area is 105 Å². The van der Waals surface area contributed by atoms with Crippen molar-refractivity contribution in [3.63, 3.8) is 0 Å². The first-order chi connectivity index (χ1) is 8.60. The molecule has 100 valence electrons. The Morgan fingerprint density at radius 3 is 3.00 bits per heavy atom. The smallest absolute Gasteiger partial charge is 0.410 e. The first-order valence-corrected chi connectivity index (χ1v) is 6.00. The number of carboxylic acids is 1. The van der Waals surface area contributed by atoms with E-state index in [-0.39, 0.29) is 19.1 Å². The maximum absolute atomic E-state index is 11.7. The van der Waals surface area contributed by atoms with E-state index in [9.17, 15) is 14.7 Å². The molecule has 0 bridgehead atoms. The van der Waals surface area contributed by atoms with E-state index in [0.29, 0.717) is 13.2 Å². The monoisotopic (exact) mass is 255 g/mol. The van der Waals surface area contributed by atoms with Crippen molar-refractivity contribution in [2.45, 2.75) is 18.4 Å². The van der Waals surface area contributed by atoms with Crippen LogP contribution in [0, 0.1) is 5.92 Å². The Kier molecular flexibility index (Phi) is 3.56. The largest absolute Gasteiger partial charge is 0.479 e. The highest BCUT2D eigenvalue weighted by Crippen LogP contribution is 2.38. The lowest BCUT2D eigenvalue weighted by Gasteiger charge is -2.34. The number of carbonyl (C=O) groups is 2. The molecule has 1 amide bonds. The van der Waals surface area contributed by atoms with Crippen molar-refractivity contribution in [3.05, 3.63) is 12.7 Å². The van der Waals surface area contributed by atoms with Crippen LogP contribution in [0.1, 0.15) is 12.8 Å². The second-order valence-electron chi connectivity index (χ2n) is 4.63. The highest BCUT2D eigenvalue weighted by molar-refractivity contribution is 5.81. The minimum Gasteiger partial charge on any atom is -0.479 e. The van der Waals surface area contributed by atoms with Crippen molar-refractivity contribution >= 4 is 12.1 Å². The van der Waals surface area contributed by atoms with Gasteiger partial charge in [0.1, 0.15) is 6.61 Å². The summed E-state index contributed by atoms with van der Waals surface area (Å²) in [4.78, 5) is 24.6. The van der Waals surface area contributed by atoms with Gasteiger partial charge >= 0.3 is 12.1 Å². The van der Waals surface area contributed by atoms with E-state index >= 15 is 0 Å². The predicted octanol–water partition coefficient (Wildman–Crippen LogP) is 0.875. The molecule has 0 aromatic rings. The minimum atomic E-state index is -1.24. The summed E-state index contributed by atoms with van der Waals surface area (Å²) in [6.45, 7) is 4.45. The molecule has 0 spiro atoms. The number of hydrogen-bond donors (Lipinski definition) is 1. The lowest BCUT2D eigenvalue weighted by Crippen LogP contribution is -2.51. The van der Waals surface area contributed by atoms with Gasteiger partial charge in [0, 0.05) is 19.1 Å². The van der Waals surface area contributed by atoms with Crippen LogP contribution in [0.2, 0.25) is 0 Å². The third kappa shape index (κ3) is 2.08. The third-order valence-corrected chi connectivity index (χ3v) is 3.53. The lowest BCUT2D eigenvalue weighted by atomic mass is 9.85. The molecule has 2 unspecified atom stereocenters. The number of aliphatic carboxylic acids is 1. The second-order valence-corrected chi connectivity index (χ2v) is 4.63. The van der Waals surface area contributed by atoms with Crippen molar-refractivity contribution in [2.75, 3.05) is 26.3 Å². The average molecular weight is 255 g/mol. The number of likely N-dealkylation sites (tertiary alicyclic amines) is 1. The Morgan fingerprint density at radius 2 is 2.39 bits per heavy atom. The van der Waals surface area contributed by atoms with Crippen molar-refractivity contribution in [2.24, 2.45) is 5.92 Å². The Hall–Kier alpha value is -1.56. The molecule has 18 heavy (non-hydrogen) atoms. The highest BCUT2D eigenvalue weighted by atomic mass is 16.6. The van der Waals surface area contributed by atoms with E-state index in [0.717, 1.165) is 12.8 Å². The lowest BCUT2D eigenvalue weighted by molar-refractivity contribution is -0.175. The molecule has 2 fully saturated rings. The number of rotatable bonds is 3. The van der Waals surface area contributed by atoms with Crippen molar-refractivity contribution in [1.29, 1.82) is 0 Å². The van der Waals surface area contributed by atoms with Crippen LogP contribution in [0.15, 0.2) is 12.7 Å². The van der Waals surface area contributed by atoms with Gasteiger partial charge in [0.2, 0.25) is 0 Å². The minimum absolute atomic E-state index is 0.0585. The van der Waals surface area contributed by atoms with Crippen molar-refractivity contribution < 1.29 is 24.2 Å². The van der Waals surface area contributed by atoms with Gasteiger partial charge in [-0.15, -0.1) is 0 Å². The first-order valence-electron chi connectivity index (χ1n) is 6.00. The quantitative estimate of drug-likeness (QED) is 0.757. The van der Waals surface area contributed by atoms with Crippen LogP contribution in [-0.2, 0) is 14.3 Å². The van der Waals surface area contributed by atoms with E-state index < -0.39 is 17.7 Å². The fraction of sp³-hybridized carbons (Fsp3) is 0.667. The zero-order valence-corrected chi connectivity index (χ0v) is 10.1. The van der Waals surface area contributed by atoms with Crippen LogP contribution in [0.5, 0.6) is 0 Å². The molecule has 0 saturated carbocycles. The Bertz CT molecular complexity index is 369. The van der Waals surface area contributed by atoms with Crippen LogP contribution < -0.4 is 0 Å². The molecule has 0 aromatic carbocycles. The fourth-order valence-corrected chi connectivity index (χ4v) is 2.63. The van der Waals surface area contributed by atoms with E-state index in [2.05, 4.69) is 6.58 Å². The first kappa shape index (κ1) is 12.9. The molecule has 0 radical (unpaired) electrons. The number of carboxylic acid groups (broad SMARTS) is 1. The Balaban J connectivity index is 2.09. The van der Waals surface area contributed by atoms with Crippen LogP contribution in [0.4, 0.5) is 4.79 Å². The molecule has 2 aliphatic heterocycles. The fourth-order valence-electron chi connectivity index (χ4n) is 2.63. The van der Waals surface area contributed by atoms with E-state index in [4.69, 9.17) is 9.47 Å². The summed E-state index contributed by atoms with van der Waals surface area (Å²) < 4.78 is 10.4. The van der Waals surface area contributed by atoms with E-state index in [1.165, 1.54) is 11.0 Å². The van der Waals surface area contributed by atoms with Gasteiger partial charge in [0.25, 0.3) is 0 Å².